The Bertz CT molecular complexity index is 1380. The van der Waals surface area contributed by atoms with Gasteiger partial charge in [0.2, 0.25) is 0 Å². The zero-order valence-corrected chi connectivity index (χ0v) is 25.3. The van der Waals surface area contributed by atoms with E-state index in [0.29, 0.717) is 40.9 Å². The second-order valence-corrected chi connectivity index (χ2v) is 10.8. The van der Waals surface area contributed by atoms with Crippen molar-refractivity contribution in [3.05, 3.63) is 87.4 Å². The first-order chi connectivity index (χ1) is 19.5. The van der Waals surface area contributed by atoms with Crippen LogP contribution in [0.5, 0.6) is 17.2 Å². The lowest BCUT2D eigenvalue weighted by Gasteiger charge is -2.22. The van der Waals surface area contributed by atoms with E-state index in [0.717, 1.165) is 11.1 Å². The van der Waals surface area contributed by atoms with Crippen LogP contribution in [0.15, 0.2) is 65.8 Å². The smallest absolute Gasteiger partial charge is 0.262 e. The van der Waals surface area contributed by atoms with Gasteiger partial charge in [-0.1, -0.05) is 66.9 Å². The van der Waals surface area contributed by atoms with E-state index in [1.807, 2.05) is 39.0 Å². The Kier molecular flexibility index (Phi) is 11.9. The van der Waals surface area contributed by atoms with Gasteiger partial charge in [-0.25, -0.2) is 5.43 Å². The Hall–Kier alpha value is -3.75. The summed E-state index contributed by atoms with van der Waals surface area (Å²) in [4.78, 5) is 25.8. The third-order valence-electron chi connectivity index (χ3n) is 5.96. The first-order valence-electron chi connectivity index (χ1n) is 13.2. The molecule has 0 saturated heterocycles. The molecular formula is C31H35Cl2N3O5. The molecule has 8 nitrogen and oxygen atoms in total. The summed E-state index contributed by atoms with van der Waals surface area (Å²) >= 11 is 12.1. The van der Waals surface area contributed by atoms with E-state index in [-0.39, 0.29) is 10.9 Å². The third kappa shape index (κ3) is 9.99. The van der Waals surface area contributed by atoms with Crippen LogP contribution in [-0.2, 0) is 16.2 Å². The highest BCUT2D eigenvalue weighted by Crippen LogP contribution is 2.29. The lowest BCUT2D eigenvalue weighted by molar-refractivity contribution is -0.132. The van der Waals surface area contributed by atoms with Crippen molar-refractivity contribution < 1.29 is 23.8 Å². The van der Waals surface area contributed by atoms with Crippen LogP contribution >= 0.6 is 23.2 Å². The highest BCUT2D eigenvalue weighted by molar-refractivity contribution is 6.35. The van der Waals surface area contributed by atoms with Crippen LogP contribution in [0.4, 0.5) is 0 Å². The van der Waals surface area contributed by atoms with E-state index in [1.54, 1.807) is 44.4 Å². The number of amides is 2. The molecule has 218 valence electrons. The number of carbonyl (C=O) groups is 2. The minimum Gasteiger partial charge on any atom is -0.493 e. The minimum atomic E-state index is -0.904. The first-order valence-corrected chi connectivity index (χ1v) is 13.9. The number of halogens is 2. The van der Waals surface area contributed by atoms with Crippen molar-refractivity contribution >= 4 is 41.2 Å². The van der Waals surface area contributed by atoms with Crippen molar-refractivity contribution in [3.63, 3.8) is 0 Å². The number of nitrogens with zero attached hydrogens (tertiary/aromatic N) is 1. The van der Waals surface area contributed by atoms with E-state index in [4.69, 9.17) is 37.4 Å². The summed E-state index contributed by atoms with van der Waals surface area (Å²) in [6.07, 6.45) is 0.994. The zero-order chi connectivity index (χ0) is 29.9. The number of hydrazone groups is 1. The van der Waals surface area contributed by atoms with E-state index in [2.05, 4.69) is 21.9 Å². The molecule has 0 aliphatic heterocycles. The number of carbonyl (C=O) groups excluding carboxylic acids is 2. The normalized spacial score (nSPS) is 12.6. The monoisotopic (exact) mass is 599 g/mol. The van der Waals surface area contributed by atoms with Crippen LogP contribution in [0.1, 0.15) is 43.9 Å². The minimum absolute atomic E-state index is 0.133. The summed E-state index contributed by atoms with van der Waals surface area (Å²) in [6.45, 7) is 7.92. The Morgan fingerprint density at radius 1 is 0.951 bits per heavy atom. The Morgan fingerprint density at radius 2 is 1.71 bits per heavy atom. The Morgan fingerprint density at radius 3 is 2.39 bits per heavy atom. The first kappa shape index (κ1) is 31.8. The van der Waals surface area contributed by atoms with Gasteiger partial charge in [-0.05, 0) is 73.7 Å². The fourth-order valence-corrected chi connectivity index (χ4v) is 4.35. The maximum absolute atomic E-state index is 12.9. The highest BCUT2D eigenvalue weighted by Gasteiger charge is 2.25. The average Bonchev–Trinajstić information content (AvgIpc) is 2.93. The lowest BCUT2D eigenvalue weighted by Crippen LogP contribution is -2.49. The number of methoxy groups -OCH3 is 1. The van der Waals surface area contributed by atoms with Crippen LogP contribution in [0.25, 0.3) is 0 Å². The molecule has 0 aliphatic carbocycles. The van der Waals surface area contributed by atoms with Gasteiger partial charge < -0.3 is 19.5 Å². The topological polar surface area (TPSA) is 98.2 Å². The summed E-state index contributed by atoms with van der Waals surface area (Å²) in [6, 6.07) is 17.3. The van der Waals surface area contributed by atoms with Gasteiger partial charge in [0.1, 0.15) is 18.4 Å². The fraction of sp³-hybridized carbons (Fsp3) is 0.323. The molecule has 0 spiro atoms. The summed E-state index contributed by atoms with van der Waals surface area (Å²) in [5.74, 6) is 0.652. The molecule has 2 atom stereocenters. The molecule has 0 aromatic heterocycles. The molecule has 0 bridgehead atoms. The van der Waals surface area contributed by atoms with Crippen molar-refractivity contribution in [2.45, 2.75) is 52.9 Å². The van der Waals surface area contributed by atoms with Crippen molar-refractivity contribution in [1.82, 2.24) is 10.7 Å². The quantitative estimate of drug-likeness (QED) is 0.176. The average molecular weight is 601 g/mol. The molecule has 0 aliphatic rings. The zero-order valence-electron chi connectivity index (χ0n) is 23.7. The molecule has 0 heterocycles. The molecular weight excluding hydrogens is 565 g/mol. The van der Waals surface area contributed by atoms with Gasteiger partial charge in [0.15, 0.2) is 17.6 Å². The van der Waals surface area contributed by atoms with Gasteiger partial charge in [0.05, 0.1) is 18.3 Å². The molecule has 0 fully saturated rings. The Labute approximate surface area is 251 Å². The lowest BCUT2D eigenvalue weighted by atomic mass is 10.0. The molecule has 3 rings (SSSR count). The van der Waals surface area contributed by atoms with Gasteiger partial charge in [-0.2, -0.15) is 5.10 Å². The molecule has 0 saturated carbocycles. The fourth-order valence-electron chi connectivity index (χ4n) is 3.90. The van der Waals surface area contributed by atoms with Crippen molar-refractivity contribution in [3.8, 4) is 17.2 Å². The van der Waals surface area contributed by atoms with Crippen molar-refractivity contribution in [1.29, 1.82) is 0 Å². The number of benzene rings is 3. The molecule has 0 radical (unpaired) electrons. The molecule has 41 heavy (non-hydrogen) atoms. The van der Waals surface area contributed by atoms with Gasteiger partial charge in [-0.3, -0.25) is 9.59 Å². The van der Waals surface area contributed by atoms with Gasteiger partial charge >= 0.3 is 0 Å². The highest BCUT2D eigenvalue weighted by atomic mass is 35.5. The van der Waals surface area contributed by atoms with Crippen LogP contribution < -0.4 is 25.0 Å². The van der Waals surface area contributed by atoms with Gasteiger partial charge in [-0.15, -0.1) is 0 Å². The molecule has 2 N–H and O–H groups in total. The largest absolute Gasteiger partial charge is 0.493 e. The van der Waals surface area contributed by atoms with Crippen molar-refractivity contribution in [2.24, 2.45) is 11.0 Å². The van der Waals surface area contributed by atoms with Crippen molar-refractivity contribution in [2.75, 3.05) is 7.11 Å². The van der Waals surface area contributed by atoms with E-state index < -0.39 is 24.0 Å². The number of ether oxygens (including phenoxy) is 3. The van der Waals surface area contributed by atoms with Crippen LogP contribution in [0.2, 0.25) is 10.0 Å². The second-order valence-electron chi connectivity index (χ2n) is 9.95. The molecule has 3 aromatic carbocycles. The number of rotatable bonds is 13. The second kappa shape index (κ2) is 15.3. The maximum Gasteiger partial charge on any atom is 0.262 e. The van der Waals surface area contributed by atoms with E-state index in [9.17, 15) is 9.59 Å². The summed E-state index contributed by atoms with van der Waals surface area (Å²) in [7, 11) is 1.56. The predicted molar refractivity (Wildman–Crippen MR) is 162 cm³/mol. The molecule has 3 aromatic rings. The van der Waals surface area contributed by atoms with E-state index >= 15 is 0 Å². The maximum atomic E-state index is 12.9. The summed E-state index contributed by atoms with van der Waals surface area (Å²) in [5.41, 5.74) is 5.42. The number of hydrogen-bond donors (Lipinski definition) is 2. The molecule has 10 heteroatoms. The number of hydrogen-bond acceptors (Lipinski definition) is 6. The van der Waals surface area contributed by atoms with Crippen LogP contribution in [0, 0.1) is 12.8 Å². The summed E-state index contributed by atoms with van der Waals surface area (Å²) < 4.78 is 17.1. The molecule has 2 amide bonds. The number of aryl methyl sites for hydroxylation is 1. The SMILES string of the molecule is COc1cc(/C=N\NC(=O)[C@H](CC(C)C)NC(=O)[C@@H](C)Oc2ccc(Cl)cc2Cl)ccc1OCc1cccc(C)c1. The predicted octanol–water partition coefficient (Wildman–Crippen LogP) is 6.34. The van der Waals surface area contributed by atoms with Gasteiger partial charge in [0.25, 0.3) is 11.8 Å². The Balaban J connectivity index is 1.60. The summed E-state index contributed by atoms with van der Waals surface area (Å²) in [5, 5.41) is 7.57. The molecule has 0 unspecified atom stereocenters. The van der Waals surface area contributed by atoms with Crippen LogP contribution in [-0.4, -0.2) is 37.3 Å². The van der Waals surface area contributed by atoms with Gasteiger partial charge in [0, 0.05) is 5.02 Å². The van der Waals surface area contributed by atoms with Crippen LogP contribution in [0.3, 0.4) is 0 Å². The van der Waals surface area contributed by atoms with E-state index in [1.165, 1.54) is 12.3 Å². The standard InChI is InChI=1S/C31H35Cl2N3O5/c1-19(2)13-26(35-30(37)21(4)41-27-12-10-24(32)16-25(27)33)31(38)36-34-17-22-9-11-28(29(15-22)39-5)40-18-23-8-6-7-20(3)14-23/h6-12,14-17,19,21,26H,13,18H2,1-5H3,(H,35,37)(H,36,38)/b34-17-/t21-,26+/m1/s1. The third-order valence-corrected chi connectivity index (χ3v) is 6.49. The number of nitrogens with one attached hydrogen (secondary N) is 2.